The number of aryl methyl sites for hydroxylation is 2. The van der Waals surface area contributed by atoms with Crippen LogP contribution in [0, 0.1) is 0 Å². The molecule has 0 saturated heterocycles. The second kappa shape index (κ2) is 12.2. The number of hydrogen-bond acceptors (Lipinski definition) is 0. The van der Waals surface area contributed by atoms with Crippen molar-refractivity contribution in [2.45, 2.75) is 72.1 Å². The van der Waals surface area contributed by atoms with Crippen molar-refractivity contribution in [3.63, 3.8) is 0 Å². The molecule has 1 aliphatic rings. The molecule has 34 heavy (non-hydrogen) atoms. The molecule has 4 rings (SSSR count). The summed E-state index contributed by atoms with van der Waals surface area (Å²) in [6.07, 6.45) is 14.2. The van der Waals surface area contributed by atoms with Gasteiger partial charge >= 0.3 is 0 Å². The molecule has 0 saturated carbocycles. The molecule has 1 heteroatoms. The quantitative estimate of drug-likeness (QED) is 0.250. The smallest absolute Gasteiger partial charge is 0.0806 e. The zero-order valence-corrected chi connectivity index (χ0v) is 22.2. The van der Waals surface area contributed by atoms with Crippen molar-refractivity contribution in [3.8, 4) is 22.3 Å². The van der Waals surface area contributed by atoms with E-state index in [2.05, 4.69) is 99.7 Å². The third-order valence-corrected chi connectivity index (χ3v) is 8.42. The Labute approximate surface area is 209 Å². The fraction of sp³-hybridized carbons (Fsp3) is 0.333. The van der Waals surface area contributed by atoms with Crippen molar-refractivity contribution in [1.29, 1.82) is 0 Å². The summed E-state index contributed by atoms with van der Waals surface area (Å²) in [6.45, 7) is 6.81. The molecule has 0 aromatic heterocycles. The topological polar surface area (TPSA) is 0 Å². The van der Waals surface area contributed by atoms with Gasteiger partial charge in [-0.1, -0.05) is 128 Å². The van der Waals surface area contributed by atoms with Crippen molar-refractivity contribution in [3.05, 3.63) is 101 Å². The molecule has 0 atom stereocenters. The monoisotopic (exact) mass is 462 g/mol. The summed E-state index contributed by atoms with van der Waals surface area (Å²) in [6, 6.07) is 25.7. The predicted molar refractivity (Wildman–Crippen MR) is 151 cm³/mol. The molecule has 0 N–H and O–H groups in total. The first kappa shape index (κ1) is 24.5. The predicted octanol–water partition coefficient (Wildman–Crippen LogP) is 8.66. The number of rotatable bonds is 11. The van der Waals surface area contributed by atoms with E-state index in [1.807, 2.05) is 0 Å². The largest absolute Gasteiger partial charge is 0.117 e. The van der Waals surface area contributed by atoms with Crippen molar-refractivity contribution in [2.24, 2.45) is 0 Å². The molecule has 0 spiro atoms. The average Bonchev–Trinajstić information content (AvgIpc) is 3.34. The maximum atomic E-state index is 2.36. The van der Waals surface area contributed by atoms with Gasteiger partial charge in [0.05, 0.1) is 0 Å². The van der Waals surface area contributed by atoms with E-state index >= 15 is 0 Å². The number of unbranched alkanes of at least 4 members (excludes halogenated alkanes) is 2. The van der Waals surface area contributed by atoms with Gasteiger partial charge in [-0.25, -0.2) is 0 Å². The summed E-state index contributed by atoms with van der Waals surface area (Å²) in [4.78, 5) is 0. The number of allylic oxidation sites excluding steroid dienone is 4. The van der Waals surface area contributed by atoms with Crippen LogP contribution >= 0.6 is 0 Å². The first-order valence-corrected chi connectivity index (χ1v) is 14.2. The van der Waals surface area contributed by atoms with Gasteiger partial charge in [0, 0.05) is 0 Å². The second-order valence-corrected chi connectivity index (χ2v) is 10.8. The van der Waals surface area contributed by atoms with Gasteiger partial charge in [0.25, 0.3) is 0 Å². The average molecular weight is 463 g/mol. The Hall–Kier alpha value is -2.64. The molecule has 0 unspecified atom stereocenters. The first-order chi connectivity index (χ1) is 16.7. The lowest BCUT2D eigenvalue weighted by Gasteiger charge is -2.17. The van der Waals surface area contributed by atoms with E-state index in [1.165, 1.54) is 82.7 Å². The van der Waals surface area contributed by atoms with E-state index in [4.69, 9.17) is 0 Å². The molecule has 2 radical (unpaired) electrons. The lowest BCUT2D eigenvalue weighted by molar-refractivity contribution is 0.795. The molecule has 0 heterocycles. The van der Waals surface area contributed by atoms with Crippen LogP contribution in [-0.2, 0) is 12.8 Å². The highest BCUT2D eigenvalue weighted by Crippen LogP contribution is 2.32. The first-order valence-electron chi connectivity index (χ1n) is 13.2. The summed E-state index contributed by atoms with van der Waals surface area (Å²) >= 11 is 0. The zero-order valence-electron chi connectivity index (χ0n) is 21.2. The standard InChI is InChI=1S/C33H38Si/c1-4-7-11-25-17-21-28(22-18-25)30-14-10-16-32(34-31-15-9-13-27(31)6-3)33(30)29-23-19-26(20-24-29)12-8-5-2/h9-10,13-14,16-24H,4-8,11-12,15H2,1-3H3. The van der Waals surface area contributed by atoms with E-state index in [1.54, 1.807) is 5.20 Å². The SMILES string of the molecule is CCCCc1ccc(-c2cccc([Si]C3=C(CC)C=CC3)c2-c2ccc(CCCC)cc2)cc1. The Kier molecular flexibility index (Phi) is 8.77. The van der Waals surface area contributed by atoms with Gasteiger partial charge < -0.3 is 0 Å². The van der Waals surface area contributed by atoms with Crippen molar-refractivity contribution in [2.75, 3.05) is 0 Å². The van der Waals surface area contributed by atoms with Crippen molar-refractivity contribution >= 4 is 14.7 Å². The van der Waals surface area contributed by atoms with Gasteiger partial charge in [0.15, 0.2) is 0 Å². The van der Waals surface area contributed by atoms with E-state index in [0.717, 1.165) is 22.4 Å². The Morgan fingerprint density at radius 2 is 1.32 bits per heavy atom. The van der Waals surface area contributed by atoms with Crippen LogP contribution in [0.4, 0.5) is 0 Å². The van der Waals surface area contributed by atoms with E-state index in [-0.39, 0.29) is 0 Å². The highest BCUT2D eigenvalue weighted by atomic mass is 28.2. The third kappa shape index (κ3) is 5.88. The van der Waals surface area contributed by atoms with E-state index < -0.39 is 0 Å². The van der Waals surface area contributed by atoms with Gasteiger partial charge in [0.1, 0.15) is 9.52 Å². The minimum Gasteiger partial charge on any atom is -0.0806 e. The van der Waals surface area contributed by atoms with Crippen LogP contribution in [0.2, 0.25) is 0 Å². The summed E-state index contributed by atoms with van der Waals surface area (Å²) < 4.78 is 0. The second-order valence-electron chi connectivity index (χ2n) is 9.42. The Bertz CT molecular complexity index is 1130. The van der Waals surface area contributed by atoms with Gasteiger partial charge in [-0.05, 0) is 71.9 Å². The van der Waals surface area contributed by atoms with E-state index in [0.29, 0.717) is 0 Å². The summed E-state index contributed by atoms with van der Waals surface area (Å²) in [5.41, 5.74) is 9.87. The van der Waals surface area contributed by atoms with Gasteiger partial charge in [-0.2, -0.15) is 0 Å². The number of benzene rings is 3. The van der Waals surface area contributed by atoms with Crippen LogP contribution in [0.15, 0.2) is 89.7 Å². The normalized spacial score (nSPS) is 13.1. The molecule has 3 aromatic rings. The van der Waals surface area contributed by atoms with Gasteiger partial charge in [-0.3, -0.25) is 0 Å². The molecule has 174 valence electrons. The molecular formula is C33H38Si. The van der Waals surface area contributed by atoms with Crippen molar-refractivity contribution < 1.29 is 0 Å². The highest BCUT2D eigenvalue weighted by Gasteiger charge is 2.17. The maximum Gasteiger partial charge on any atom is 0.117 e. The van der Waals surface area contributed by atoms with Crippen LogP contribution in [0.3, 0.4) is 0 Å². The molecular weight excluding hydrogens is 424 g/mol. The lowest BCUT2D eigenvalue weighted by atomic mass is 9.92. The fourth-order valence-corrected chi connectivity index (χ4v) is 6.38. The summed E-state index contributed by atoms with van der Waals surface area (Å²) in [7, 11) is 0.723. The molecule has 0 fully saturated rings. The van der Waals surface area contributed by atoms with Crippen molar-refractivity contribution in [1.82, 2.24) is 0 Å². The van der Waals surface area contributed by atoms with Gasteiger partial charge in [0.2, 0.25) is 0 Å². The molecule has 1 aliphatic carbocycles. The highest BCUT2D eigenvalue weighted by molar-refractivity contribution is 6.63. The Balaban J connectivity index is 1.75. The molecule has 0 nitrogen and oxygen atoms in total. The maximum absolute atomic E-state index is 2.36. The summed E-state index contributed by atoms with van der Waals surface area (Å²) in [5.74, 6) is 0. The third-order valence-electron chi connectivity index (χ3n) is 6.91. The van der Waals surface area contributed by atoms with Crippen LogP contribution in [0.25, 0.3) is 22.3 Å². The van der Waals surface area contributed by atoms with Crippen LogP contribution in [0.5, 0.6) is 0 Å². The molecule has 3 aromatic carbocycles. The zero-order chi connectivity index (χ0) is 23.8. The summed E-state index contributed by atoms with van der Waals surface area (Å²) in [5, 5.41) is 3.08. The molecule has 0 amide bonds. The van der Waals surface area contributed by atoms with Gasteiger partial charge in [-0.15, -0.1) is 0 Å². The van der Waals surface area contributed by atoms with Crippen LogP contribution in [-0.4, -0.2) is 9.52 Å². The molecule has 0 aliphatic heterocycles. The minimum absolute atomic E-state index is 0.723. The molecule has 0 bridgehead atoms. The van der Waals surface area contributed by atoms with Crippen LogP contribution in [0.1, 0.15) is 70.4 Å². The Morgan fingerprint density at radius 3 is 1.91 bits per heavy atom. The minimum atomic E-state index is 0.723. The Morgan fingerprint density at radius 1 is 0.706 bits per heavy atom. The fourth-order valence-electron chi connectivity index (χ4n) is 4.83. The number of hydrogen-bond donors (Lipinski definition) is 0. The van der Waals surface area contributed by atoms with Crippen LogP contribution < -0.4 is 5.19 Å². The lowest BCUT2D eigenvalue weighted by Crippen LogP contribution is -2.20. The van der Waals surface area contributed by atoms with E-state index in [9.17, 15) is 0 Å².